The van der Waals surface area contributed by atoms with Crippen molar-refractivity contribution in [1.29, 1.82) is 0 Å². The van der Waals surface area contributed by atoms with Crippen LogP contribution in [0.1, 0.15) is 69.8 Å². The third-order valence-electron chi connectivity index (χ3n) is 6.29. The Morgan fingerprint density at radius 3 is 2.23 bits per heavy atom. The zero-order valence-electron chi connectivity index (χ0n) is 13.7. The van der Waals surface area contributed by atoms with Gasteiger partial charge in [-0.05, 0) is 102 Å². The minimum Gasteiger partial charge on any atom is -0.103 e. The molecular formula is C21H29I. The maximum atomic E-state index is 3.93. The van der Waals surface area contributed by atoms with Crippen LogP contribution in [0.4, 0.5) is 0 Å². The summed E-state index contributed by atoms with van der Waals surface area (Å²) in [5, 5.41) is 0. The highest BCUT2D eigenvalue weighted by molar-refractivity contribution is 14.1. The average Bonchev–Trinajstić information content (AvgIpc) is 2.57. The highest BCUT2D eigenvalue weighted by Gasteiger charge is 2.42. The smallest absolute Gasteiger partial charge is 0.0130 e. The van der Waals surface area contributed by atoms with Gasteiger partial charge < -0.3 is 0 Å². The molecule has 0 heterocycles. The van der Waals surface area contributed by atoms with Gasteiger partial charge in [-0.15, -0.1) is 6.58 Å². The summed E-state index contributed by atoms with van der Waals surface area (Å²) >= 11 is 2.43. The lowest BCUT2D eigenvalue weighted by atomic mass is 9.57. The van der Waals surface area contributed by atoms with Gasteiger partial charge in [-0.3, -0.25) is 0 Å². The third kappa shape index (κ3) is 3.44. The van der Waals surface area contributed by atoms with Crippen molar-refractivity contribution in [2.45, 2.75) is 69.6 Å². The first-order valence-corrected chi connectivity index (χ1v) is 10.2. The fourth-order valence-electron chi connectivity index (χ4n) is 5.08. The summed E-state index contributed by atoms with van der Waals surface area (Å²) in [6, 6.07) is 9.50. The van der Waals surface area contributed by atoms with Gasteiger partial charge in [0, 0.05) is 3.57 Å². The largest absolute Gasteiger partial charge is 0.103 e. The highest BCUT2D eigenvalue weighted by atomic mass is 127. The maximum Gasteiger partial charge on any atom is 0.0130 e. The zero-order valence-corrected chi connectivity index (χ0v) is 15.9. The Labute approximate surface area is 149 Å². The number of benzene rings is 1. The number of allylic oxidation sites excluding steroid dienone is 1. The second-order valence-electron chi connectivity index (χ2n) is 7.47. The van der Waals surface area contributed by atoms with Crippen LogP contribution in [-0.4, -0.2) is 0 Å². The molecule has 3 rings (SSSR count). The van der Waals surface area contributed by atoms with Crippen molar-refractivity contribution < 1.29 is 0 Å². The van der Waals surface area contributed by atoms with Gasteiger partial charge in [-0.1, -0.05) is 37.5 Å². The van der Waals surface area contributed by atoms with E-state index in [4.69, 9.17) is 0 Å². The Hall–Kier alpha value is -0.310. The zero-order chi connectivity index (χ0) is 15.4. The molecule has 1 aromatic rings. The fourth-order valence-corrected chi connectivity index (χ4v) is 5.44. The minimum atomic E-state index is 0.488. The first-order chi connectivity index (χ1) is 10.7. The fraction of sp³-hybridized carbons (Fsp3) is 0.619. The number of halogens is 1. The molecule has 120 valence electrons. The van der Waals surface area contributed by atoms with E-state index in [1.165, 1.54) is 67.8 Å². The van der Waals surface area contributed by atoms with Crippen molar-refractivity contribution >= 4 is 22.6 Å². The van der Waals surface area contributed by atoms with Crippen molar-refractivity contribution in [3.8, 4) is 0 Å². The maximum absolute atomic E-state index is 3.93. The van der Waals surface area contributed by atoms with Crippen LogP contribution in [0.5, 0.6) is 0 Å². The van der Waals surface area contributed by atoms with E-state index in [-0.39, 0.29) is 0 Å². The lowest BCUT2D eigenvalue weighted by molar-refractivity contribution is 0.128. The molecule has 2 aliphatic carbocycles. The van der Waals surface area contributed by atoms with Crippen LogP contribution >= 0.6 is 22.6 Å². The SMILES string of the molecule is C=CCC1CCC(C2(c3ccc(I)cc3)CCCCC2)CC1. The minimum absolute atomic E-state index is 0.488. The lowest BCUT2D eigenvalue weighted by Gasteiger charge is -2.47. The van der Waals surface area contributed by atoms with Gasteiger partial charge >= 0.3 is 0 Å². The van der Waals surface area contributed by atoms with Crippen LogP contribution in [0, 0.1) is 15.4 Å². The topological polar surface area (TPSA) is 0 Å². The van der Waals surface area contributed by atoms with Crippen LogP contribution in [0.3, 0.4) is 0 Å². The summed E-state index contributed by atoms with van der Waals surface area (Å²) in [5.74, 6) is 1.82. The summed E-state index contributed by atoms with van der Waals surface area (Å²) in [5.41, 5.74) is 2.13. The summed E-state index contributed by atoms with van der Waals surface area (Å²) in [6.45, 7) is 3.93. The summed E-state index contributed by atoms with van der Waals surface area (Å²) in [7, 11) is 0. The second-order valence-corrected chi connectivity index (χ2v) is 8.71. The molecule has 0 spiro atoms. The molecule has 0 aliphatic heterocycles. The van der Waals surface area contributed by atoms with Crippen LogP contribution in [0.2, 0.25) is 0 Å². The van der Waals surface area contributed by atoms with Crippen LogP contribution in [0.25, 0.3) is 0 Å². The first-order valence-electron chi connectivity index (χ1n) is 9.11. The predicted octanol–water partition coefficient (Wildman–Crippen LogP) is 6.88. The molecule has 0 nitrogen and oxygen atoms in total. The van der Waals surface area contributed by atoms with E-state index in [2.05, 4.69) is 59.5 Å². The molecule has 0 N–H and O–H groups in total. The molecule has 0 saturated heterocycles. The Morgan fingerprint density at radius 2 is 1.64 bits per heavy atom. The van der Waals surface area contributed by atoms with Gasteiger partial charge in [0.05, 0.1) is 0 Å². The Morgan fingerprint density at radius 1 is 1.00 bits per heavy atom. The number of hydrogen-bond donors (Lipinski definition) is 0. The van der Waals surface area contributed by atoms with Gasteiger partial charge in [0.1, 0.15) is 0 Å². The standard InChI is InChI=1S/C21H29I/c1-2-6-17-7-9-18(10-8-17)21(15-4-3-5-16-21)19-11-13-20(22)14-12-19/h2,11-14,17-18H,1,3-10,15-16H2. The van der Waals surface area contributed by atoms with Gasteiger partial charge in [0.25, 0.3) is 0 Å². The van der Waals surface area contributed by atoms with Crippen LogP contribution < -0.4 is 0 Å². The quantitative estimate of drug-likeness (QED) is 0.377. The summed E-state index contributed by atoms with van der Waals surface area (Å²) < 4.78 is 1.36. The molecule has 0 amide bonds. The van der Waals surface area contributed by atoms with Gasteiger partial charge in [0.2, 0.25) is 0 Å². The van der Waals surface area contributed by atoms with Crippen molar-refractivity contribution in [2.24, 2.45) is 11.8 Å². The molecular weight excluding hydrogens is 379 g/mol. The van der Waals surface area contributed by atoms with Crippen LogP contribution in [-0.2, 0) is 5.41 Å². The van der Waals surface area contributed by atoms with Crippen LogP contribution in [0.15, 0.2) is 36.9 Å². The summed E-state index contributed by atoms with van der Waals surface area (Å²) in [4.78, 5) is 0. The first kappa shape index (κ1) is 16.5. The van der Waals surface area contributed by atoms with Gasteiger partial charge in [0.15, 0.2) is 0 Å². The Balaban J connectivity index is 1.81. The Bertz CT molecular complexity index is 473. The van der Waals surface area contributed by atoms with E-state index in [1.54, 1.807) is 5.56 Å². The summed E-state index contributed by atoms with van der Waals surface area (Å²) in [6.07, 6.45) is 16.2. The molecule has 2 fully saturated rings. The predicted molar refractivity (Wildman–Crippen MR) is 104 cm³/mol. The van der Waals surface area contributed by atoms with Crippen molar-refractivity contribution in [2.75, 3.05) is 0 Å². The van der Waals surface area contributed by atoms with Gasteiger partial charge in [-0.25, -0.2) is 0 Å². The molecule has 0 atom stereocenters. The molecule has 0 radical (unpaired) electrons. The molecule has 2 saturated carbocycles. The van der Waals surface area contributed by atoms with E-state index in [1.807, 2.05) is 0 Å². The molecule has 2 aliphatic rings. The highest BCUT2D eigenvalue weighted by Crippen LogP contribution is 2.51. The average molecular weight is 408 g/mol. The number of rotatable bonds is 4. The van der Waals surface area contributed by atoms with Crippen molar-refractivity contribution in [1.82, 2.24) is 0 Å². The van der Waals surface area contributed by atoms with E-state index in [0.29, 0.717) is 5.41 Å². The van der Waals surface area contributed by atoms with Crippen molar-refractivity contribution in [3.05, 3.63) is 46.1 Å². The normalized spacial score (nSPS) is 28.2. The molecule has 0 aromatic heterocycles. The molecule has 1 heteroatoms. The van der Waals surface area contributed by atoms with Gasteiger partial charge in [-0.2, -0.15) is 0 Å². The number of hydrogen-bond acceptors (Lipinski definition) is 0. The molecule has 0 unspecified atom stereocenters. The third-order valence-corrected chi connectivity index (χ3v) is 7.01. The van der Waals surface area contributed by atoms with E-state index < -0.39 is 0 Å². The van der Waals surface area contributed by atoms with E-state index in [0.717, 1.165) is 11.8 Å². The lowest BCUT2D eigenvalue weighted by Crippen LogP contribution is -2.39. The second kappa shape index (κ2) is 7.51. The molecule has 1 aromatic carbocycles. The van der Waals surface area contributed by atoms with E-state index in [9.17, 15) is 0 Å². The monoisotopic (exact) mass is 408 g/mol. The molecule has 0 bridgehead atoms. The molecule has 22 heavy (non-hydrogen) atoms. The van der Waals surface area contributed by atoms with Crippen molar-refractivity contribution in [3.63, 3.8) is 0 Å². The van der Waals surface area contributed by atoms with E-state index >= 15 is 0 Å². The Kier molecular flexibility index (Phi) is 5.64.